The van der Waals surface area contributed by atoms with Crippen molar-refractivity contribution in [2.75, 3.05) is 45.2 Å². The molecule has 0 saturated carbocycles. The zero-order chi connectivity index (χ0) is 18.4. The molecule has 9 heteroatoms. The third kappa shape index (κ3) is 6.46. The Hall–Kier alpha value is -1.29. The number of anilines is 1. The SMILES string of the molecule is CCNC(=NCC(=O)N(C)C)NC1CCN(c2ccc(F)c(Cl)c2)C1.I. The molecule has 1 atom stereocenters. The standard InChI is InChI=1S/C17H25ClFN5O.HI/c1-4-20-17(21-10-16(25)23(2)3)22-12-7-8-24(11-12)13-5-6-15(19)14(18)9-13;/h5-6,9,12H,4,7-8,10-11H2,1-3H3,(H2,20,21,22);1H. The fourth-order valence-corrected chi connectivity index (χ4v) is 2.77. The van der Waals surface area contributed by atoms with Gasteiger partial charge in [-0.25, -0.2) is 9.38 Å². The van der Waals surface area contributed by atoms with Crippen molar-refractivity contribution in [2.45, 2.75) is 19.4 Å². The molecule has 1 aromatic rings. The van der Waals surface area contributed by atoms with Crippen molar-refractivity contribution in [3.63, 3.8) is 0 Å². The minimum absolute atomic E-state index is 0. The molecule has 1 aliphatic rings. The molecule has 0 spiro atoms. The molecule has 1 amide bonds. The van der Waals surface area contributed by atoms with Gasteiger partial charge in [0.1, 0.15) is 12.4 Å². The molecular formula is C17H26ClFIN5O. The number of nitrogens with one attached hydrogen (secondary N) is 2. The Morgan fingerprint density at radius 2 is 2.19 bits per heavy atom. The van der Waals surface area contributed by atoms with Crippen LogP contribution in [-0.2, 0) is 4.79 Å². The van der Waals surface area contributed by atoms with Gasteiger partial charge in [-0.2, -0.15) is 0 Å². The number of carbonyl (C=O) groups is 1. The van der Waals surface area contributed by atoms with Crippen LogP contribution in [0.15, 0.2) is 23.2 Å². The van der Waals surface area contributed by atoms with Gasteiger partial charge in [-0.05, 0) is 31.5 Å². The zero-order valence-electron chi connectivity index (χ0n) is 15.3. The van der Waals surface area contributed by atoms with E-state index in [0.29, 0.717) is 12.5 Å². The number of halogens is 3. The van der Waals surface area contributed by atoms with Crippen LogP contribution >= 0.6 is 35.6 Å². The lowest BCUT2D eigenvalue weighted by Gasteiger charge is -2.20. The third-order valence-corrected chi connectivity index (χ3v) is 4.30. The number of hydrogen-bond acceptors (Lipinski definition) is 3. The molecule has 2 rings (SSSR count). The van der Waals surface area contributed by atoms with Crippen LogP contribution < -0.4 is 15.5 Å². The van der Waals surface area contributed by atoms with Crippen LogP contribution in [0, 0.1) is 5.82 Å². The molecule has 0 radical (unpaired) electrons. The Balaban J connectivity index is 0.00000338. The lowest BCUT2D eigenvalue weighted by molar-refractivity contribution is -0.127. The van der Waals surface area contributed by atoms with E-state index in [1.807, 2.05) is 6.92 Å². The van der Waals surface area contributed by atoms with Gasteiger partial charge in [0.05, 0.1) is 5.02 Å². The maximum absolute atomic E-state index is 13.3. The molecule has 26 heavy (non-hydrogen) atoms. The van der Waals surface area contributed by atoms with Gasteiger partial charge in [0.2, 0.25) is 5.91 Å². The number of rotatable bonds is 5. The van der Waals surface area contributed by atoms with E-state index >= 15 is 0 Å². The maximum atomic E-state index is 13.3. The lowest BCUT2D eigenvalue weighted by atomic mass is 10.2. The second-order valence-corrected chi connectivity index (χ2v) is 6.56. The predicted octanol–water partition coefficient (Wildman–Crippen LogP) is 2.32. The van der Waals surface area contributed by atoms with E-state index < -0.39 is 5.82 Å². The molecule has 0 aromatic heterocycles. The first-order valence-corrected chi connectivity index (χ1v) is 8.73. The van der Waals surface area contributed by atoms with E-state index in [0.717, 1.165) is 25.2 Å². The molecular weight excluding hydrogens is 472 g/mol. The van der Waals surface area contributed by atoms with Gasteiger partial charge in [0.15, 0.2) is 5.96 Å². The highest BCUT2D eigenvalue weighted by Crippen LogP contribution is 2.25. The van der Waals surface area contributed by atoms with Crippen LogP contribution in [0.4, 0.5) is 10.1 Å². The van der Waals surface area contributed by atoms with Gasteiger partial charge in [0, 0.05) is 45.5 Å². The number of amides is 1. The number of aliphatic imine (C=N–C) groups is 1. The third-order valence-electron chi connectivity index (χ3n) is 4.01. The normalized spacial score (nSPS) is 16.9. The quantitative estimate of drug-likeness (QED) is 0.372. The second kappa shape index (κ2) is 10.8. The van der Waals surface area contributed by atoms with E-state index in [4.69, 9.17) is 11.6 Å². The molecule has 1 aromatic carbocycles. The second-order valence-electron chi connectivity index (χ2n) is 6.16. The van der Waals surface area contributed by atoms with E-state index in [1.54, 1.807) is 26.2 Å². The first kappa shape index (κ1) is 22.8. The fourth-order valence-electron chi connectivity index (χ4n) is 2.60. The van der Waals surface area contributed by atoms with E-state index in [-0.39, 0.29) is 47.5 Å². The molecule has 1 unspecified atom stereocenters. The number of hydrogen-bond donors (Lipinski definition) is 2. The van der Waals surface area contributed by atoms with Crippen molar-refractivity contribution in [1.29, 1.82) is 0 Å². The maximum Gasteiger partial charge on any atom is 0.243 e. The average molecular weight is 498 g/mol. The molecule has 0 bridgehead atoms. The van der Waals surface area contributed by atoms with Crippen molar-refractivity contribution >= 4 is 53.1 Å². The molecule has 2 N–H and O–H groups in total. The van der Waals surface area contributed by atoms with E-state index in [1.165, 1.54) is 11.0 Å². The number of benzene rings is 1. The number of carbonyl (C=O) groups excluding carboxylic acids is 1. The van der Waals surface area contributed by atoms with Crippen LogP contribution in [0.2, 0.25) is 5.02 Å². The average Bonchev–Trinajstić information content (AvgIpc) is 3.03. The number of nitrogens with zero attached hydrogens (tertiary/aromatic N) is 3. The number of likely N-dealkylation sites (N-methyl/N-ethyl adjacent to an activating group) is 1. The zero-order valence-corrected chi connectivity index (χ0v) is 18.3. The molecule has 1 heterocycles. The van der Waals surface area contributed by atoms with Gasteiger partial charge >= 0.3 is 0 Å². The first-order chi connectivity index (χ1) is 11.9. The minimum Gasteiger partial charge on any atom is -0.369 e. The Kier molecular flexibility index (Phi) is 9.42. The predicted molar refractivity (Wildman–Crippen MR) is 115 cm³/mol. The van der Waals surface area contributed by atoms with Crippen molar-refractivity contribution in [2.24, 2.45) is 4.99 Å². The first-order valence-electron chi connectivity index (χ1n) is 8.35. The van der Waals surface area contributed by atoms with Crippen molar-refractivity contribution in [3.8, 4) is 0 Å². The fraction of sp³-hybridized carbons (Fsp3) is 0.529. The lowest BCUT2D eigenvalue weighted by Crippen LogP contribution is -2.45. The number of guanidine groups is 1. The van der Waals surface area contributed by atoms with Crippen LogP contribution in [0.3, 0.4) is 0 Å². The molecule has 1 fully saturated rings. The molecule has 1 aliphatic heterocycles. The van der Waals surface area contributed by atoms with Crippen LogP contribution in [0.25, 0.3) is 0 Å². The monoisotopic (exact) mass is 497 g/mol. The summed E-state index contributed by atoms with van der Waals surface area (Å²) in [6.07, 6.45) is 0.918. The molecule has 1 saturated heterocycles. The summed E-state index contributed by atoms with van der Waals surface area (Å²) in [4.78, 5) is 19.7. The molecule has 6 nitrogen and oxygen atoms in total. The minimum atomic E-state index is -0.411. The summed E-state index contributed by atoms with van der Waals surface area (Å²) in [6.45, 7) is 4.40. The summed E-state index contributed by atoms with van der Waals surface area (Å²) in [6, 6.07) is 4.96. The van der Waals surface area contributed by atoms with Gasteiger partial charge in [-0.1, -0.05) is 11.6 Å². The Bertz CT molecular complexity index is 644. The van der Waals surface area contributed by atoms with Crippen LogP contribution in [-0.4, -0.2) is 63.1 Å². The topological polar surface area (TPSA) is 60.0 Å². The Morgan fingerprint density at radius 3 is 2.81 bits per heavy atom. The van der Waals surface area contributed by atoms with E-state index in [2.05, 4.69) is 20.5 Å². The van der Waals surface area contributed by atoms with Gasteiger partial charge in [0.25, 0.3) is 0 Å². The highest BCUT2D eigenvalue weighted by atomic mass is 127. The van der Waals surface area contributed by atoms with Gasteiger partial charge in [-0.15, -0.1) is 24.0 Å². The molecule has 146 valence electrons. The largest absolute Gasteiger partial charge is 0.369 e. The summed E-state index contributed by atoms with van der Waals surface area (Å²) >= 11 is 5.87. The van der Waals surface area contributed by atoms with Crippen LogP contribution in [0.5, 0.6) is 0 Å². The Morgan fingerprint density at radius 1 is 1.46 bits per heavy atom. The summed E-state index contributed by atoms with van der Waals surface area (Å²) in [5, 5.41) is 6.64. The Labute approximate surface area is 176 Å². The van der Waals surface area contributed by atoms with Gasteiger partial charge < -0.3 is 20.4 Å². The summed E-state index contributed by atoms with van der Waals surface area (Å²) in [5.41, 5.74) is 0.903. The van der Waals surface area contributed by atoms with E-state index in [9.17, 15) is 9.18 Å². The van der Waals surface area contributed by atoms with Crippen molar-refractivity contribution < 1.29 is 9.18 Å². The van der Waals surface area contributed by atoms with Crippen molar-refractivity contribution in [1.82, 2.24) is 15.5 Å². The summed E-state index contributed by atoms with van der Waals surface area (Å²) in [5.74, 6) is 0.166. The summed E-state index contributed by atoms with van der Waals surface area (Å²) < 4.78 is 13.3. The summed E-state index contributed by atoms with van der Waals surface area (Å²) in [7, 11) is 3.42. The van der Waals surface area contributed by atoms with Crippen LogP contribution in [0.1, 0.15) is 13.3 Å². The van der Waals surface area contributed by atoms with Crippen molar-refractivity contribution in [3.05, 3.63) is 29.0 Å². The highest BCUT2D eigenvalue weighted by molar-refractivity contribution is 14.0. The molecule has 0 aliphatic carbocycles. The highest BCUT2D eigenvalue weighted by Gasteiger charge is 2.24. The smallest absolute Gasteiger partial charge is 0.243 e. The van der Waals surface area contributed by atoms with Gasteiger partial charge in [-0.3, -0.25) is 4.79 Å².